The van der Waals surface area contributed by atoms with Crippen molar-refractivity contribution in [2.75, 3.05) is 12.4 Å². The van der Waals surface area contributed by atoms with Gasteiger partial charge in [-0.2, -0.15) is 9.78 Å². The molecule has 0 N–H and O–H groups in total. The molecular weight excluding hydrogens is 433 g/mol. The van der Waals surface area contributed by atoms with Crippen molar-refractivity contribution in [2.24, 2.45) is 0 Å². The summed E-state index contributed by atoms with van der Waals surface area (Å²) in [4.78, 5) is 27.9. The van der Waals surface area contributed by atoms with Crippen LogP contribution in [0.4, 0.5) is 4.39 Å². The van der Waals surface area contributed by atoms with Gasteiger partial charge in [0.2, 0.25) is 0 Å². The summed E-state index contributed by atoms with van der Waals surface area (Å²) in [5.41, 5.74) is 0.443. The summed E-state index contributed by atoms with van der Waals surface area (Å²) in [6.07, 6.45) is 1.05. The van der Waals surface area contributed by atoms with E-state index < -0.39 is 5.82 Å². The van der Waals surface area contributed by atoms with Gasteiger partial charge in [-0.1, -0.05) is 43.9 Å². The average Bonchev–Trinajstić information content (AvgIpc) is 3.20. The fourth-order valence-corrected chi connectivity index (χ4v) is 5.39. The number of thioether (sulfide) groups is 1. The molecule has 29 heavy (non-hydrogen) atoms. The van der Waals surface area contributed by atoms with Gasteiger partial charge in [0.15, 0.2) is 10.2 Å². The van der Waals surface area contributed by atoms with Crippen molar-refractivity contribution in [2.45, 2.75) is 50.3 Å². The first-order chi connectivity index (χ1) is 13.7. The number of aromatic nitrogens is 3. The van der Waals surface area contributed by atoms with Gasteiger partial charge in [0, 0.05) is 17.6 Å². The lowest BCUT2D eigenvalue weighted by Gasteiger charge is -2.12. The molecule has 3 rings (SSSR count). The molecule has 0 aliphatic rings. The predicted molar refractivity (Wildman–Crippen MR) is 116 cm³/mol. The molecule has 1 aromatic carbocycles. The van der Waals surface area contributed by atoms with Crippen molar-refractivity contribution in [1.29, 1.82) is 0 Å². The van der Waals surface area contributed by atoms with E-state index in [0.717, 1.165) is 20.4 Å². The van der Waals surface area contributed by atoms with Crippen LogP contribution >= 0.6 is 34.4 Å². The second kappa shape index (κ2) is 8.93. The summed E-state index contributed by atoms with van der Waals surface area (Å²) < 4.78 is 22.2. The van der Waals surface area contributed by atoms with E-state index in [4.69, 9.17) is 4.74 Å². The zero-order valence-electron chi connectivity index (χ0n) is 16.7. The number of hydrogen-bond acceptors (Lipinski definition) is 8. The number of benzene rings is 1. The molecule has 6 nitrogen and oxygen atoms in total. The van der Waals surface area contributed by atoms with Gasteiger partial charge in [0.05, 0.1) is 16.8 Å². The van der Waals surface area contributed by atoms with Crippen molar-refractivity contribution in [3.63, 3.8) is 0 Å². The molecule has 0 fully saturated rings. The van der Waals surface area contributed by atoms with Crippen molar-refractivity contribution in [1.82, 2.24) is 14.8 Å². The molecule has 3 aromatic rings. The highest BCUT2D eigenvalue weighted by Crippen LogP contribution is 2.32. The number of hydrogen-bond donors (Lipinski definition) is 0. The van der Waals surface area contributed by atoms with Crippen LogP contribution in [0.1, 0.15) is 45.5 Å². The Kier molecular flexibility index (Phi) is 6.75. The Balaban J connectivity index is 1.79. The highest BCUT2D eigenvalue weighted by Gasteiger charge is 2.22. The Morgan fingerprint density at radius 1 is 1.31 bits per heavy atom. The smallest absolute Gasteiger partial charge is 0.329 e. The minimum Gasteiger partial charge on any atom is -0.466 e. The van der Waals surface area contributed by atoms with Crippen LogP contribution in [0.15, 0.2) is 21.3 Å². The molecule has 0 aliphatic carbocycles. The molecule has 0 bridgehead atoms. The molecule has 0 unspecified atom stereocenters. The number of fused-ring (bicyclic) bond motifs is 1. The summed E-state index contributed by atoms with van der Waals surface area (Å²) in [7, 11) is 0. The summed E-state index contributed by atoms with van der Waals surface area (Å²) in [5.74, 6) is 0.00869. The minimum absolute atomic E-state index is 0.110. The topological polar surface area (TPSA) is 74.1 Å². The first-order valence-electron chi connectivity index (χ1n) is 9.18. The van der Waals surface area contributed by atoms with Crippen LogP contribution in [0.25, 0.3) is 15.9 Å². The Morgan fingerprint density at radius 3 is 2.72 bits per heavy atom. The van der Waals surface area contributed by atoms with Gasteiger partial charge in [-0.15, -0.1) is 11.3 Å². The minimum atomic E-state index is -0.507. The van der Waals surface area contributed by atoms with Crippen LogP contribution in [-0.2, 0) is 14.9 Å². The van der Waals surface area contributed by atoms with Crippen molar-refractivity contribution < 1.29 is 13.9 Å². The number of nitrogens with zero attached hydrogens (tertiary/aromatic N) is 3. The van der Waals surface area contributed by atoms with Gasteiger partial charge in [-0.05, 0) is 25.5 Å². The van der Waals surface area contributed by atoms with E-state index in [1.165, 1.54) is 29.2 Å². The molecule has 2 aromatic heterocycles. The van der Waals surface area contributed by atoms with Gasteiger partial charge in [0.25, 0.3) is 0 Å². The first-order valence-corrected chi connectivity index (χ1v) is 11.8. The third-order valence-corrected chi connectivity index (χ3v) is 7.39. The second-order valence-electron chi connectivity index (χ2n) is 7.34. The molecule has 0 amide bonds. The Hall–Kier alpha value is -1.78. The SMILES string of the molecule is CCOC(=O)CCCSc1nc2cc(-n3nc(C(C)(C)C)sc3=O)c(F)cc2s1. The van der Waals surface area contributed by atoms with Crippen molar-refractivity contribution >= 4 is 50.6 Å². The summed E-state index contributed by atoms with van der Waals surface area (Å²) >= 11 is 3.93. The number of carbonyl (C=O) groups is 1. The average molecular weight is 456 g/mol. The predicted octanol–water partition coefficient (Wildman–Crippen LogP) is 4.78. The Bertz CT molecular complexity index is 1080. The zero-order chi connectivity index (χ0) is 21.2. The lowest BCUT2D eigenvalue weighted by atomic mass is 9.98. The molecule has 0 radical (unpaired) electrons. The zero-order valence-corrected chi connectivity index (χ0v) is 19.1. The quantitative estimate of drug-likeness (QED) is 0.290. The van der Waals surface area contributed by atoms with Crippen LogP contribution in [0.3, 0.4) is 0 Å². The van der Waals surface area contributed by atoms with Gasteiger partial charge >= 0.3 is 10.8 Å². The number of halogens is 1. The summed E-state index contributed by atoms with van der Waals surface area (Å²) in [5, 5.41) is 4.98. The highest BCUT2D eigenvalue weighted by molar-refractivity contribution is 8.01. The lowest BCUT2D eigenvalue weighted by molar-refractivity contribution is -0.143. The molecule has 10 heteroatoms. The van der Waals surface area contributed by atoms with E-state index in [-0.39, 0.29) is 21.9 Å². The van der Waals surface area contributed by atoms with Crippen molar-refractivity contribution in [3.8, 4) is 5.69 Å². The van der Waals surface area contributed by atoms with Gasteiger partial charge in [-0.25, -0.2) is 9.37 Å². The molecule has 2 heterocycles. The number of rotatable bonds is 7. The van der Waals surface area contributed by atoms with Crippen LogP contribution in [0.2, 0.25) is 0 Å². The molecule has 0 atom stereocenters. The number of carbonyl (C=O) groups excluding carboxylic acids is 1. The highest BCUT2D eigenvalue weighted by atomic mass is 32.2. The molecular formula is C19H22FN3O3S3. The molecule has 156 valence electrons. The van der Waals surface area contributed by atoms with Crippen LogP contribution < -0.4 is 4.87 Å². The van der Waals surface area contributed by atoms with Crippen LogP contribution in [0.5, 0.6) is 0 Å². The van der Waals surface area contributed by atoms with Crippen molar-refractivity contribution in [3.05, 3.63) is 32.6 Å². The molecule has 0 spiro atoms. The Labute approximate surface area is 180 Å². The number of ether oxygens (including phenoxy) is 1. The van der Waals surface area contributed by atoms with Crippen LogP contribution in [-0.4, -0.2) is 33.1 Å². The van der Waals surface area contributed by atoms with Gasteiger partial charge in [-0.3, -0.25) is 9.59 Å². The fraction of sp³-hybridized carbons (Fsp3) is 0.474. The van der Waals surface area contributed by atoms with Crippen LogP contribution in [0, 0.1) is 5.82 Å². The maximum Gasteiger partial charge on any atom is 0.329 e. The third kappa shape index (κ3) is 5.23. The van der Waals surface area contributed by atoms with Gasteiger partial charge in [0.1, 0.15) is 10.7 Å². The van der Waals surface area contributed by atoms with E-state index in [1.807, 2.05) is 20.8 Å². The summed E-state index contributed by atoms with van der Waals surface area (Å²) in [6, 6.07) is 2.96. The van der Waals surface area contributed by atoms with E-state index in [2.05, 4.69) is 10.1 Å². The number of esters is 1. The molecule has 0 saturated heterocycles. The van der Waals surface area contributed by atoms with E-state index in [0.29, 0.717) is 40.4 Å². The van der Waals surface area contributed by atoms with E-state index >= 15 is 0 Å². The lowest BCUT2D eigenvalue weighted by Crippen LogP contribution is -2.15. The fourth-order valence-electron chi connectivity index (χ4n) is 2.48. The normalized spacial score (nSPS) is 11.9. The maximum atomic E-state index is 14.7. The standard InChI is InChI=1S/C19H22FN3O3S3/c1-5-26-15(24)7-6-8-27-17-21-12-10-13(11(20)9-14(12)28-17)23-18(25)29-16(22-23)19(2,3)4/h9-10H,5-8H2,1-4H3. The Morgan fingerprint density at radius 2 is 2.07 bits per heavy atom. The molecule has 0 saturated carbocycles. The third-order valence-electron chi connectivity index (χ3n) is 3.91. The molecule has 0 aliphatic heterocycles. The van der Waals surface area contributed by atoms with E-state index in [1.54, 1.807) is 13.0 Å². The largest absolute Gasteiger partial charge is 0.466 e. The second-order valence-corrected chi connectivity index (χ2v) is 10.7. The summed E-state index contributed by atoms with van der Waals surface area (Å²) in [6.45, 7) is 8.05. The van der Waals surface area contributed by atoms with E-state index in [9.17, 15) is 14.0 Å². The first kappa shape index (κ1) is 21.9. The maximum absolute atomic E-state index is 14.7. The number of thiazole rings is 1. The van der Waals surface area contributed by atoms with Gasteiger partial charge < -0.3 is 4.74 Å². The monoisotopic (exact) mass is 455 g/mol.